The third kappa shape index (κ3) is 6.23. The second kappa shape index (κ2) is 13.7. The van der Waals surface area contributed by atoms with Crippen LogP contribution < -0.4 is 4.74 Å². The van der Waals surface area contributed by atoms with Crippen LogP contribution in [0, 0.1) is 11.8 Å². The summed E-state index contributed by atoms with van der Waals surface area (Å²) in [7, 11) is 0. The van der Waals surface area contributed by atoms with E-state index >= 15 is 0 Å². The fourth-order valence-electron chi connectivity index (χ4n) is 10.0. The number of ether oxygens (including phenoxy) is 1. The van der Waals surface area contributed by atoms with Crippen LogP contribution in [-0.4, -0.2) is 69.3 Å². The smallest absolute Gasteiger partial charge is 0.222 e. The summed E-state index contributed by atoms with van der Waals surface area (Å²) in [5.41, 5.74) is 2.21. The second-order valence-corrected chi connectivity index (χ2v) is 16.2. The number of phenolic OH excluding ortho intramolecular Hbond substituents is 1. The van der Waals surface area contributed by atoms with Crippen LogP contribution in [0.3, 0.4) is 0 Å². The lowest BCUT2D eigenvalue weighted by Crippen LogP contribution is -2.78. The number of amides is 1. The topological polar surface area (TPSA) is 73.2 Å². The summed E-state index contributed by atoms with van der Waals surface area (Å²) in [6.07, 6.45) is 16.6. The first-order valence-electron chi connectivity index (χ1n) is 19.1. The minimum absolute atomic E-state index is 0.0602. The molecule has 0 aromatic heterocycles. The van der Waals surface area contributed by atoms with Crippen molar-refractivity contribution in [2.45, 2.75) is 146 Å². The van der Waals surface area contributed by atoms with E-state index in [-0.39, 0.29) is 29.8 Å². The van der Waals surface area contributed by atoms with Crippen LogP contribution in [0.1, 0.15) is 120 Å². The number of nitrogens with zero attached hydrogens (tertiary/aromatic N) is 2. The zero-order valence-electron chi connectivity index (χ0n) is 29.0. The molecule has 2 aromatic rings. The molecule has 2 N–H and O–H groups in total. The molecule has 47 heavy (non-hydrogen) atoms. The normalized spacial score (nSPS) is 29.1. The third-order valence-corrected chi connectivity index (χ3v) is 12.5. The Balaban J connectivity index is 0.982. The molecule has 1 amide bonds. The lowest BCUT2D eigenvalue weighted by Gasteiger charge is -2.65. The Morgan fingerprint density at radius 2 is 1.68 bits per heavy atom. The van der Waals surface area contributed by atoms with Gasteiger partial charge in [-0.3, -0.25) is 9.69 Å². The van der Waals surface area contributed by atoms with E-state index in [1.54, 1.807) is 6.07 Å². The third-order valence-electron chi connectivity index (χ3n) is 12.5. The molecule has 0 unspecified atom stereocenters. The highest BCUT2D eigenvalue weighted by Gasteiger charge is 2.73. The number of hydrogen-bond acceptors (Lipinski definition) is 5. The number of hydrogen-bond donors (Lipinski definition) is 2. The number of piperidine rings is 1. The SMILES string of the molecule is CC(C)CN(C(=O)CCCCCCCCCCc1ccccc1)[C@@H]1CC[C@@]2(O)[C@@H]3Cc4ccc(O)c5c4[C@@]2(CCN3CC2CC2)[C@H]1O5. The fourth-order valence-corrected chi connectivity index (χ4v) is 10.0. The average Bonchev–Trinajstić information content (AvgIpc) is 3.81. The summed E-state index contributed by atoms with van der Waals surface area (Å²) in [5.74, 6) is 2.08. The maximum atomic E-state index is 14.1. The van der Waals surface area contributed by atoms with Crippen molar-refractivity contribution in [2.24, 2.45) is 11.8 Å². The highest BCUT2D eigenvalue weighted by molar-refractivity contribution is 5.77. The largest absolute Gasteiger partial charge is 0.504 e. The number of unbranched alkanes of at least 4 members (excludes halogenated alkanes) is 7. The van der Waals surface area contributed by atoms with Crippen molar-refractivity contribution < 1.29 is 19.7 Å². The summed E-state index contributed by atoms with van der Waals surface area (Å²) in [5, 5.41) is 23.9. The number of phenols is 1. The highest BCUT2D eigenvalue weighted by atomic mass is 16.5. The van der Waals surface area contributed by atoms with E-state index in [0.717, 1.165) is 56.7 Å². The van der Waals surface area contributed by atoms with Crippen molar-refractivity contribution in [1.82, 2.24) is 9.80 Å². The minimum atomic E-state index is -0.915. The molecule has 2 saturated carbocycles. The molecule has 3 fully saturated rings. The van der Waals surface area contributed by atoms with Gasteiger partial charge in [0.1, 0.15) is 6.10 Å². The first kappa shape index (κ1) is 33.0. The average molecular weight is 643 g/mol. The van der Waals surface area contributed by atoms with Crippen LogP contribution in [0.25, 0.3) is 0 Å². The van der Waals surface area contributed by atoms with Crippen LogP contribution >= 0.6 is 0 Å². The van der Waals surface area contributed by atoms with Crippen molar-refractivity contribution in [3.63, 3.8) is 0 Å². The summed E-state index contributed by atoms with van der Waals surface area (Å²) in [4.78, 5) is 18.8. The van der Waals surface area contributed by atoms with Gasteiger partial charge < -0.3 is 19.8 Å². The summed E-state index contributed by atoms with van der Waals surface area (Å²) >= 11 is 0. The van der Waals surface area contributed by atoms with E-state index in [0.29, 0.717) is 31.1 Å². The van der Waals surface area contributed by atoms with Gasteiger partial charge in [0.2, 0.25) is 5.91 Å². The number of aryl methyl sites for hydroxylation is 1. The van der Waals surface area contributed by atoms with Crippen LogP contribution in [0.5, 0.6) is 11.5 Å². The zero-order valence-corrected chi connectivity index (χ0v) is 29.0. The maximum absolute atomic E-state index is 14.1. The van der Waals surface area contributed by atoms with Crippen LogP contribution in [0.4, 0.5) is 0 Å². The van der Waals surface area contributed by atoms with Gasteiger partial charge in [-0.1, -0.05) is 88.8 Å². The molecule has 2 aromatic carbocycles. The molecule has 256 valence electrons. The van der Waals surface area contributed by atoms with Gasteiger partial charge in [-0.25, -0.2) is 0 Å². The maximum Gasteiger partial charge on any atom is 0.222 e. The van der Waals surface area contributed by atoms with E-state index in [9.17, 15) is 15.0 Å². The van der Waals surface area contributed by atoms with Gasteiger partial charge in [-0.05, 0) is 93.4 Å². The first-order valence-corrected chi connectivity index (χ1v) is 19.1. The van der Waals surface area contributed by atoms with Gasteiger partial charge in [0, 0.05) is 31.1 Å². The molecule has 1 saturated heterocycles. The first-order chi connectivity index (χ1) is 22.8. The number of benzene rings is 2. The van der Waals surface area contributed by atoms with E-state index in [4.69, 9.17) is 4.74 Å². The molecule has 2 heterocycles. The fraction of sp³-hybridized carbons (Fsp3) is 0.683. The summed E-state index contributed by atoms with van der Waals surface area (Å²) in [6, 6.07) is 14.6. The van der Waals surface area contributed by atoms with Gasteiger partial charge in [-0.15, -0.1) is 0 Å². The molecule has 2 aliphatic heterocycles. The number of rotatable bonds is 16. The standard InChI is InChI=1S/C41H58N2O4/c1-29(2)27-43(36(45)17-13-8-6-4-3-5-7-10-14-30-15-11-9-12-16-30)33-22-23-41(46)35-26-32-20-21-34(44)38-37(32)40(41,39(33)47-38)24-25-42(35)28-31-18-19-31/h9,11-12,15-16,20-21,29,31,33,35,39,44,46H,3-8,10,13-14,17-19,22-28H2,1-2H3/t33-,35+,39+,40+,41-/m1/s1. The molecule has 1 spiro atoms. The lowest BCUT2D eigenvalue weighted by molar-refractivity contribution is -0.202. The summed E-state index contributed by atoms with van der Waals surface area (Å²) < 4.78 is 6.83. The Bertz CT molecular complexity index is 1390. The van der Waals surface area contributed by atoms with Crippen molar-refractivity contribution in [3.8, 4) is 11.5 Å². The van der Waals surface area contributed by atoms with E-state index < -0.39 is 11.0 Å². The predicted molar refractivity (Wildman–Crippen MR) is 187 cm³/mol. The zero-order chi connectivity index (χ0) is 32.6. The van der Waals surface area contributed by atoms with E-state index in [1.165, 1.54) is 68.9 Å². The molecule has 3 aliphatic carbocycles. The minimum Gasteiger partial charge on any atom is -0.504 e. The van der Waals surface area contributed by atoms with Gasteiger partial charge in [0.05, 0.1) is 17.1 Å². The van der Waals surface area contributed by atoms with E-state index in [1.807, 2.05) is 0 Å². The van der Waals surface area contributed by atoms with Crippen molar-refractivity contribution in [2.75, 3.05) is 19.6 Å². The Labute approximate surface area is 282 Å². The molecule has 6 heteroatoms. The Kier molecular flexibility index (Phi) is 9.63. The van der Waals surface area contributed by atoms with Gasteiger partial charge in [0.25, 0.3) is 0 Å². The molecule has 0 radical (unpaired) electrons. The van der Waals surface area contributed by atoms with Gasteiger partial charge in [-0.2, -0.15) is 0 Å². The molecule has 6 nitrogen and oxygen atoms in total. The Hall–Kier alpha value is -2.57. The molecular formula is C41H58N2O4. The van der Waals surface area contributed by atoms with Crippen molar-refractivity contribution in [3.05, 3.63) is 59.2 Å². The number of aliphatic hydroxyl groups is 1. The second-order valence-electron chi connectivity index (χ2n) is 16.2. The molecule has 7 rings (SSSR count). The lowest BCUT2D eigenvalue weighted by atomic mass is 9.48. The highest BCUT2D eigenvalue weighted by Crippen LogP contribution is 2.66. The van der Waals surface area contributed by atoms with Gasteiger partial charge >= 0.3 is 0 Å². The Morgan fingerprint density at radius 3 is 2.40 bits per heavy atom. The predicted octanol–water partition coefficient (Wildman–Crippen LogP) is 7.56. The van der Waals surface area contributed by atoms with Gasteiger partial charge in [0.15, 0.2) is 11.5 Å². The quantitative estimate of drug-likeness (QED) is 0.185. The number of carbonyl (C=O) groups is 1. The monoisotopic (exact) mass is 642 g/mol. The number of carbonyl (C=O) groups excluding carboxylic acids is 1. The number of likely N-dealkylation sites (tertiary alicyclic amines) is 1. The molecule has 5 atom stereocenters. The van der Waals surface area contributed by atoms with Crippen LogP contribution in [0.2, 0.25) is 0 Å². The number of aromatic hydroxyl groups is 1. The van der Waals surface area contributed by atoms with Crippen LogP contribution in [-0.2, 0) is 23.1 Å². The van der Waals surface area contributed by atoms with E-state index in [2.05, 4.69) is 60.0 Å². The molecule has 2 bridgehead atoms. The Morgan fingerprint density at radius 1 is 0.957 bits per heavy atom. The molecule has 5 aliphatic rings. The molecular weight excluding hydrogens is 584 g/mol. The van der Waals surface area contributed by atoms with Crippen molar-refractivity contribution in [1.29, 1.82) is 0 Å². The van der Waals surface area contributed by atoms with Crippen molar-refractivity contribution >= 4 is 5.91 Å². The summed E-state index contributed by atoms with van der Waals surface area (Å²) in [6.45, 7) is 7.10. The van der Waals surface area contributed by atoms with Crippen LogP contribution in [0.15, 0.2) is 42.5 Å².